The van der Waals surface area contributed by atoms with Crippen LogP contribution in [0, 0.1) is 19.7 Å². The van der Waals surface area contributed by atoms with Gasteiger partial charge in [-0.2, -0.15) is 0 Å². The third-order valence-corrected chi connectivity index (χ3v) is 3.94. The molecule has 1 aromatic carbocycles. The Balaban J connectivity index is 0.00000176. The molecule has 0 fully saturated rings. The van der Waals surface area contributed by atoms with Gasteiger partial charge in [0.25, 0.3) is 0 Å². The number of nitrogens with zero attached hydrogens (tertiary/aromatic N) is 2. The van der Waals surface area contributed by atoms with E-state index in [0.717, 1.165) is 22.2 Å². The maximum absolute atomic E-state index is 13.4. The molecular weight excluding hydrogens is 303 g/mol. The Kier molecular flexibility index (Phi) is 4.71. The predicted octanol–water partition coefficient (Wildman–Crippen LogP) is 4.27. The SMILES string of the molecule is COc1nccc2c(C)c(C)n(Cc3cccc(F)c3)c12.Cl. The number of fused-ring (bicyclic) bond motifs is 1. The van der Waals surface area contributed by atoms with Crippen LogP contribution >= 0.6 is 12.4 Å². The lowest BCUT2D eigenvalue weighted by Crippen LogP contribution is -2.03. The van der Waals surface area contributed by atoms with Gasteiger partial charge in [-0.05, 0) is 43.2 Å². The van der Waals surface area contributed by atoms with Crippen molar-refractivity contribution >= 4 is 23.3 Å². The summed E-state index contributed by atoms with van der Waals surface area (Å²) in [4.78, 5) is 4.28. The molecule has 3 nitrogen and oxygen atoms in total. The van der Waals surface area contributed by atoms with Gasteiger partial charge in [0.05, 0.1) is 7.11 Å². The first-order chi connectivity index (χ1) is 10.1. The number of methoxy groups -OCH3 is 1. The minimum absolute atomic E-state index is 0. The minimum Gasteiger partial charge on any atom is -0.479 e. The second-order valence-electron chi connectivity index (χ2n) is 5.14. The summed E-state index contributed by atoms with van der Waals surface area (Å²) in [6.45, 7) is 4.74. The zero-order valence-corrected chi connectivity index (χ0v) is 13.6. The van der Waals surface area contributed by atoms with Gasteiger partial charge in [0.15, 0.2) is 0 Å². The normalized spacial score (nSPS) is 10.5. The summed E-state index contributed by atoms with van der Waals surface area (Å²) in [5.41, 5.74) is 4.21. The van der Waals surface area contributed by atoms with Gasteiger partial charge in [0.2, 0.25) is 5.88 Å². The smallest absolute Gasteiger partial charge is 0.238 e. The Morgan fingerprint density at radius 1 is 1.23 bits per heavy atom. The molecule has 0 radical (unpaired) electrons. The second-order valence-corrected chi connectivity index (χ2v) is 5.14. The number of halogens is 2. The lowest BCUT2D eigenvalue weighted by Gasteiger charge is -2.10. The van der Waals surface area contributed by atoms with Crippen molar-refractivity contribution in [2.45, 2.75) is 20.4 Å². The molecule has 3 aromatic rings. The number of hydrogen-bond donors (Lipinski definition) is 0. The fraction of sp³-hybridized carbons (Fsp3) is 0.235. The molecule has 5 heteroatoms. The average Bonchev–Trinajstić information content (AvgIpc) is 2.73. The number of hydrogen-bond acceptors (Lipinski definition) is 2. The van der Waals surface area contributed by atoms with Crippen LogP contribution in [0.25, 0.3) is 10.9 Å². The topological polar surface area (TPSA) is 27.1 Å². The van der Waals surface area contributed by atoms with Crippen LogP contribution in [0.2, 0.25) is 0 Å². The van der Waals surface area contributed by atoms with E-state index >= 15 is 0 Å². The Bertz CT molecular complexity index is 814. The molecule has 22 heavy (non-hydrogen) atoms. The van der Waals surface area contributed by atoms with Crippen molar-refractivity contribution in [2.24, 2.45) is 0 Å². The van der Waals surface area contributed by atoms with Crippen LogP contribution < -0.4 is 4.74 Å². The Hall–Kier alpha value is -2.07. The van der Waals surface area contributed by atoms with Crippen molar-refractivity contribution in [1.29, 1.82) is 0 Å². The van der Waals surface area contributed by atoms with E-state index < -0.39 is 0 Å². The lowest BCUT2D eigenvalue weighted by molar-refractivity contribution is 0.401. The van der Waals surface area contributed by atoms with Gasteiger partial charge in [0.1, 0.15) is 11.3 Å². The molecule has 116 valence electrons. The number of aryl methyl sites for hydroxylation is 1. The van der Waals surface area contributed by atoms with Crippen molar-refractivity contribution in [2.75, 3.05) is 7.11 Å². The lowest BCUT2D eigenvalue weighted by atomic mass is 10.2. The summed E-state index contributed by atoms with van der Waals surface area (Å²) in [6, 6.07) is 8.66. The molecule has 0 spiro atoms. The van der Waals surface area contributed by atoms with Gasteiger partial charge >= 0.3 is 0 Å². The van der Waals surface area contributed by atoms with Crippen molar-refractivity contribution in [3.63, 3.8) is 0 Å². The van der Waals surface area contributed by atoms with Gasteiger partial charge in [-0.15, -0.1) is 12.4 Å². The number of pyridine rings is 1. The first-order valence-electron chi connectivity index (χ1n) is 6.84. The maximum Gasteiger partial charge on any atom is 0.238 e. The van der Waals surface area contributed by atoms with Crippen LogP contribution in [-0.4, -0.2) is 16.7 Å². The van der Waals surface area contributed by atoms with E-state index in [1.165, 1.54) is 11.6 Å². The Morgan fingerprint density at radius 3 is 2.68 bits per heavy atom. The highest BCUT2D eigenvalue weighted by atomic mass is 35.5. The van der Waals surface area contributed by atoms with Crippen molar-refractivity contribution in [3.8, 4) is 5.88 Å². The van der Waals surface area contributed by atoms with E-state index in [2.05, 4.69) is 23.4 Å². The molecule has 0 saturated heterocycles. The first kappa shape index (κ1) is 16.3. The van der Waals surface area contributed by atoms with Crippen LogP contribution in [0.1, 0.15) is 16.8 Å². The van der Waals surface area contributed by atoms with Crippen LogP contribution in [0.15, 0.2) is 36.5 Å². The highest BCUT2D eigenvalue weighted by Gasteiger charge is 2.15. The first-order valence-corrected chi connectivity index (χ1v) is 6.84. The van der Waals surface area contributed by atoms with E-state index in [-0.39, 0.29) is 18.2 Å². The monoisotopic (exact) mass is 320 g/mol. The summed E-state index contributed by atoms with van der Waals surface area (Å²) >= 11 is 0. The highest BCUT2D eigenvalue weighted by molar-refractivity contribution is 5.89. The van der Waals surface area contributed by atoms with Crippen molar-refractivity contribution < 1.29 is 9.13 Å². The molecule has 0 aliphatic carbocycles. The summed E-state index contributed by atoms with van der Waals surface area (Å²) < 4.78 is 20.9. The van der Waals surface area contributed by atoms with Crippen LogP contribution in [-0.2, 0) is 6.54 Å². The minimum atomic E-state index is -0.219. The third kappa shape index (κ3) is 2.66. The largest absolute Gasteiger partial charge is 0.479 e. The quantitative estimate of drug-likeness (QED) is 0.720. The number of aromatic nitrogens is 2. The Labute approximate surface area is 135 Å². The molecule has 0 amide bonds. The summed E-state index contributed by atoms with van der Waals surface area (Å²) in [7, 11) is 1.62. The maximum atomic E-state index is 13.4. The van der Waals surface area contributed by atoms with Gasteiger partial charge in [-0.1, -0.05) is 12.1 Å². The van der Waals surface area contributed by atoms with Crippen molar-refractivity contribution in [1.82, 2.24) is 9.55 Å². The summed E-state index contributed by atoms with van der Waals surface area (Å²) in [5.74, 6) is 0.378. The number of ether oxygens (including phenoxy) is 1. The Morgan fingerprint density at radius 2 is 2.00 bits per heavy atom. The molecule has 0 aliphatic rings. The molecule has 0 atom stereocenters. The molecule has 0 unspecified atom stereocenters. The van der Waals surface area contributed by atoms with E-state index in [1.54, 1.807) is 25.4 Å². The molecule has 0 bridgehead atoms. The fourth-order valence-corrected chi connectivity index (χ4v) is 2.73. The molecule has 3 rings (SSSR count). The van der Waals surface area contributed by atoms with Gasteiger partial charge in [-0.25, -0.2) is 9.37 Å². The van der Waals surface area contributed by atoms with E-state index in [4.69, 9.17) is 4.74 Å². The highest BCUT2D eigenvalue weighted by Crippen LogP contribution is 2.31. The fourth-order valence-electron chi connectivity index (χ4n) is 2.73. The second kappa shape index (κ2) is 6.36. The van der Waals surface area contributed by atoms with Crippen LogP contribution in [0.3, 0.4) is 0 Å². The standard InChI is InChI=1S/C17H17FN2O.ClH/c1-11-12(2)20(10-13-5-4-6-14(18)9-13)16-15(11)7-8-19-17(16)21-3;/h4-9H,10H2,1-3H3;1H. The molecule has 0 saturated carbocycles. The summed E-state index contributed by atoms with van der Waals surface area (Å²) in [6.07, 6.45) is 1.75. The van der Waals surface area contributed by atoms with Crippen LogP contribution in [0.5, 0.6) is 5.88 Å². The van der Waals surface area contributed by atoms with Crippen molar-refractivity contribution in [3.05, 3.63) is 59.2 Å². The molecular formula is C17H18ClFN2O. The zero-order valence-electron chi connectivity index (χ0n) is 12.8. The van der Waals surface area contributed by atoms with E-state index in [9.17, 15) is 4.39 Å². The molecule has 0 N–H and O–H groups in total. The van der Waals surface area contributed by atoms with E-state index in [1.807, 2.05) is 12.1 Å². The number of rotatable bonds is 3. The average molecular weight is 321 g/mol. The molecule has 0 aliphatic heterocycles. The summed E-state index contributed by atoms with van der Waals surface area (Å²) in [5, 5.41) is 1.12. The van der Waals surface area contributed by atoms with E-state index in [0.29, 0.717) is 12.4 Å². The zero-order chi connectivity index (χ0) is 15.0. The third-order valence-electron chi connectivity index (χ3n) is 3.94. The predicted molar refractivity (Wildman–Crippen MR) is 88.5 cm³/mol. The molecule has 2 heterocycles. The van der Waals surface area contributed by atoms with Crippen LogP contribution in [0.4, 0.5) is 4.39 Å². The molecule has 2 aromatic heterocycles. The van der Waals surface area contributed by atoms with Gasteiger partial charge < -0.3 is 9.30 Å². The number of benzene rings is 1. The van der Waals surface area contributed by atoms with Gasteiger partial charge in [0, 0.05) is 23.8 Å². The van der Waals surface area contributed by atoms with Gasteiger partial charge in [-0.3, -0.25) is 0 Å².